The number of nitrogens with one attached hydrogen (secondary N) is 1. The van der Waals surface area contributed by atoms with Gasteiger partial charge in [-0.05, 0) is 177 Å². The summed E-state index contributed by atoms with van der Waals surface area (Å²) in [6.45, 7) is 26.4. The van der Waals surface area contributed by atoms with E-state index in [4.69, 9.17) is 16.2 Å². The van der Waals surface area contributed by atoms with Crippen molar-refractivity contribution in [2.45, 2.75) is 202 Å². The van der Waals surface area contributed by atoms with Crippen LogP contribution in [0.25, 0.3) is 0 Å². The molecule has 4 aliphatic rings. The average molecular weight is 879 g/mol. The molecule has 0 spiro atoms. The van der Waals surface area contributed by atoms with E-state index >= 15 is 0 Å². The SMILES string of the molecule is CCC(CCC(C)[C@H]1CC[C@H]2[C@@H]3CC=C4C[C@@H](OC(=O)CCCC(=O)N(CCCCNCCC(C)(C)N)CCC(C)(C)N)CC[C@]4(C)[C@H]3CC[C@]12C)C(C)C.Cl.Cl.Cl. The van der Waals surface area contributed by atoms with Crippen LogP contribution in [0.3, 0.4) is 0 Å². The van der Waals surface area contributed by atoms with Crippen molar-refractivity contribution in [3.8, 4) is 0 Å². The van der Waals surface area contributed by atoms with Crippen LogP contribution in [-0.2, 0) is 14.3 Å². The van der Waals surface area contributed by atoms with Crippen LogP contribution >= 0.6 is 37.2 Å². The number of allylic oxidation sites excluding steroid dienone is 1. The first-order valence-corrected chi connectivity index (χ1v) is 23.2. The molecule has 4 rings (SSSR count). The number of esters is 1. The van der Waals surface area contributed by atoms with Gasteiger partial charge in [0.2, 0.25) is 5.91 Å². The number of rotatable bonds is 22. The Kier molecular flexibility index (Phi) is 23.3. The molecule has 3 fully saturated rings. The highest BCUT2D eigenvalue weighted by Crippen LogP contribution is 2.67. The molecule has 58 heavy (non-hydrogen) atoms. The van der Waals surface area contributed by atoms with Crippen molar-refractivity contribution in [3.05, 3.63) is 11.6 Å². The summed E-state index contributed by atoms with van der Waals surface area (Å²) in [6.07, 6.45) is 21.3. The summed E-state index contributed by atoms with van der Waals surface area (Å²) >= 11 is 0. The summed E-state index contributed by atoms with van der Waals surface area (Å²) in [6, 6.07) is 0. The number of fused-ring (bicyclic) bond motifs is 5. The smallest absolute Gasteiger partial charge is 0.306 e. The number of unbranched alkanes of at least 4 members (excludes halogenated alkanes) is 1. The second-order valence-electron chi connectivity index (χ2n) is 21.5. The third-order valence-electron chi connectivity index (χ3n) is 15.7. The van der Waals surface area contributed by atoms with E-state index in [1.807, 2.05) is 18.7 Å². The lowest BCUT2D eigenvalue weighted by Crippen LogP contribution is -2.51. The van der Waals surface area contributed by atoms with Crippen molar-refractivity contribution < 1.29 is 14.3 Å². The van der Waals surface area contributed by atoms with Gasteiger partial charge in [0, 0.05) is 43.4 Å². The highest BCUT2D eigenvalue weighted by Gasteiger charge is 2.59. The second-order valence-corrected chi connectivity index (χ2v) is 21.5. The lowest BCUT2D eigenvalue weighted by atomic mass is 9.47. The average Bonchev–Trinajstić information content (AvgIpc) is 3.45. The fourth-order valence-corrected chi connectivity index (χ4v) is 12.0. The minimum absolute atomic E-state index is 0. The van der Waals surface area contributed by atoms with Gasteiger partial charge in [0.25, 0.3) is 0 Å². The maximum atomic E-state index is 13.3. The zero-order valence-electron chi connectivity index (χ0n) is 38.8. The molecule has 3 saturated carbocycles. The quantitative estimate of drug-likeness (QED) is 0.0568. The van der Waals surface area contributed by atoms with Crippen molar-refractivity contribution in [1.29, 1.82) is 0 Å². The number of nitrogens with zero attached hydrogens (tertiary/aromatic N) is 1. The van der Waals surface area contributed by atoms with Crippen molar-refractivity contribution in [3.63, 3.8) is 0 Å². The number of carbonyl (C=O) groups excluding carboxylic acids is 2. The Morgan fingerprint density at radius 2 is 1.55 bits per heavy atom. The van der Waals surface area contributed by atoms with E-state index < -0.39 is 0 Å². The Hall–Kier alpha value is -0.570. The van der Waals surface area contributed by atoms with E-state index in [1.54, 1.807) is 5.57 Å². The highest BCUT2D eigenvalue weighted by atomic mass is 35.5. The molecule has 5 N–H and O–H groups in total. The van der Waals surface area contributed by atoms with E-state index in [1.165, 1.54) is 51.4 Å². The fourth-order valence-electron chi connectivity index (χ4n) is 12.0. The Labute approximate surface area is 375 Å². The molecule has 342 valence electrons. The highest BCUT2D eigenvalue weighted by molar-refractivity contribution is 5.86. The molecule has 0 saturated heterocycles. The lowest BCUT2D eigenvalue weighted by molar-refractivity contribution is -0.151. The van der Waals surface area contributed by atoms with Gasteiger partial charge in [-0.1, -0.05) is 66.0 Å². The molecular weight excluding hydrogens is 787 g/mol. The van der Waals surface area contributed by atoms with Crippen LogP contribution in [-0.4, -0.2) is 60.1 Å². The number of hydrogen-bond donors (Lipinski definition) is 3. The van der Waals surface area contributed by atoms with Crippen molar-refractivity contribution in [2.24, 2.45) is 63.7 Å². The molecular formula is C48H91Cl3N4O3. The largest absolute Gasteiger partial charge is 0.462 e. The molecule has 4 aliphatic carbocycles. The number of hydrogen-bond acceptors (Lipinski definition) is 6. The fraction of sp³-hybridized carbons (Fsp3) is 0.917. The van der Waals surface area contributed by atoms with Crippen LogP contribution in [0, 0.1) is 52.3 Å². The maximum Gasteiger partial charge on any atom is 0.306 e. The van der Waals surface area contributed by atoms with Gasteiger partial charge >= 0.3 is 5.97 Å². The molecule has 9 atom stereocenters. The first-order chi connectivity index (χ1) is 25.8. The molecule has 2 unspecified atom stereocenters. The van der Waals surface area contributed by atoms with E-state index in [2.05, 4.69) is 66.8 Å². The zero-order valence-corrected chi connectivity index (χ0v) is 41.3. The molecule has 0 radical (unpaired) electrons. The Morgan fingerprint density at radius 1 is 0.862 bits per heavy atom. The normalized spacial score (nSPS) is 29.0. The number of amides is 1. The van der Waals surface area contributed by atoms with Gasteiger partial charge in [-0.15, -0.1) is 37.2 Å². The van der Waals surface area contributed by atoms with Crippen LogP contribution in [0.2, 0.25) is 0 Å². The molecule has 7 nitrogen and oxygen atoms in total. The summed E-state index contributed by atoms with van der Waals surface area (Å²) in [5.74, 6) is 5.77. The predicted octanol–water partition coefficient (Wildman–Crippen LogP) is 11.5. The third kappa shape index (κ3) is 15.4. The summed E-state index contributed by atoms with van der Waals surface area (Å²) in [5, 5.41) is 3.48. The number of nitrogens with two attached hydrogens (primary N) is 2. The van der Waals surface area contributed by atoms with E-state index in [0.717, 1.165) is 106 Å². The number of carbonyl (C=O) groups is 2. The molecule has 0 aromatic heterocycles. The van der Waals surface area contributed by atoms with E-state index in [-0.39, 0.29) is 71.7 Å². The lowest BCUT2D eigenvalue weighted by Gasteiger charge is -2.58. The van der Waals surface area contributed by atoms with Gasteiger partial charge in [-0.2, -0.15) is 0 Å². The van der Waals surface area contributed by atoms with Gasteiger partial charge < -0.3 is 26.4 Å². The Bertz CT molecular complexity index is 1270. The van der Waals surface area contributed by atoms with Crippen molar-refractivity contribution >= 4 is 49.1 Å². The zero-order chi connectivity index (χ0) is 40.6. The van der Waals surface area contributed by atoms with Gasteiger partial charge in [0.05, 0.1) is 0 Å². The van der Waals surface area contributed by atoms with Crippen LogP contribution < -0.4 is 16.8 Å². The molecule has 10 heteroatoms. The van der Waals surface area contributed by atoms with E-state index in [9.17, 15) is 9.59 Å². The van der Waals surface area contributed by atoms with Crippen LogP contribution in [0.15, 0.2) is 11.6 Å². The topological polar surface area (TPSA) is 111 Å². The summed E-state index contributed by atoms with van der Waals surface area (Å²) in [4.78, 5) is 28.4. The van der Waals surface area contributed by atoms with Crippen LogP contribution in [0.1, 0.15) is 185 Å². The first kappa shape index (κ1) is 55.4. The second kappa shape index (κ2) is 24.3. The van der Waals surface area contributed by atoms with Crippen molar-refractivity contribution in [2.75, 3.05) is 26.2 Å². The van der Waals surface area contributed by atoms with E-state index in [0.29, 0.717) is 31.2 Å². The minimum Gasteiger partial charge on any atom is -0.462 e. The van der Waals surface area contributed by atoms with Crippen molar-refractivity contribution in [1.82, 2.24) is 10.2 Å². The Balaban J connectivity index is 0.00000561. The van der Waals surface area contributed by atoms with Crippen LogP contribution in [0.4, 0.5) is 0 Å². The monoisotopic (exact) mass is 877 g/mol. The van der Waals surface area contributed by atoms with Gasteiger partial charge in [-0.3, -0.25) is 9.59 Å². The molecule has 1 amide bonds. The molecule has 0 heterocycles. The number of halogens is 3. The summed E-state index contributed by atoms with van der Waals surface area (Å²) < 4.78 is 6.14. The standard InChI is InChI=1S/C48H88N4O3.3ClH/c1-11-36(34(2)3)18-17-35(4)40-21-22-41-39-20-19-37-33-38(23-25-47(37,9)42(39)24-26-48(40,41)10)55-44(54)16-14-15-43(53)52(32-28-46(7,8)50)31-13-12-29-51-30-27-45(5,6)49;;;/h19,34-36,38-42,51H,11-18,20-33,49-50H2,1-10H3;3*1H/t35?,36?,38-,39-,40+,41-,42-,47-,48+;;;/m0.../s1. The molecule has 0 aromatic rings. The summed E-state index contributed by atoms with van der Waals surface area (Å²) in [5.41, 5.74) is 14.2. The minimum atomic E-state index is -0.329. The first-order valence-electron chi connectivity index (χ1n) is 23.2. The Morgan fingerprint density at radius 3 is 2.19 bits per heavy atom. The maximum absolute atomic E-state index is 13.3. The van der Waals surface area contributed by atoms with Crippen LogP contribution in [0.5, 0.6) is 0 Å². The number of ether oxygens (including phenoxy) is 1. The third-order valence-corrected chi connectivity index (χ3v) is 15.7. The molecule has 0 aromatic carbocycles. The van der Waals surface area contributed by atoms with Gasteiger partial charge in [0.15, 0.2) is 0 Å². The van der Waals surface area contributed by atoms with Gasteiger partial charge in [-0.25, -0.2) is 0 Å². The van der Waals surface area contributed by atoms with Gasteiger partial charge in [0.1, 0.15) is 6.10 Å². The predicted molar refractivity (Wildman–Crippen MR) is 252 cm³/mol. The summed E-state index contributed by atoms with van der Waals surface area (Å²) in [7, 11) is 0. The molecule has 0 bridgehead atoms. The molecule has 0 aliphatic heterocycles.